The molecular weight excluding hydrogens is 374 g/mol. The summed E-state index contributed by atoms with van der Waals surface area (Å²) >= 11 is 0. The van der Waals surface area contributed by atoms with Crippen molar-refractivity contribution in [2.75, 3.05) is 29.9 Å². The molecule has 0 atom stereocenters. The van der Waals surface area contributed by atoms with Crippen LogP contribution in [0.25, 0.3) is 6.08 Å². The highest BCUT2D eigenvalue weighted by Gasteiger charge is 2.30. The molecule has 1 saturated heterocycles. The molecule has 0 radical (unpaired) electrons. The molecule has 0 spiro atoms. The molecule has 30 heavy (non-hydrogen) atoms. The van der Waals surface area contributed by atoms with Crippen LogP contribution in [-0.4, -0.2) is 40.4 Å². The minimum absolute atomic E-state index is 0.0114. The summed E-state index contributed by atoms with van der Waals surface area (Å²) in [5, 5.41) is 3.30. The van der Waals surface area contributed by atoms with Gasteiger partial charge in [0, 0.05) is 42.8 Å². The molecule has 6 heteroatoms. The Hall–Kier alpha value is -3.41. The molecule has 3 heterocycles. The van der Waals surface area contributed by atoms with E-state index in [1.54, 1.807) is 0 Å². The van der Waals surface area contributed by atoms with Crippen LogP contribution in [0.2, 0.25) is 0 Å². The minimum atomic E-state index is 0.0114. The van der Waals surface area contributed by atoms with Gasteiger partial charge in [-0.15, -0.1) is 0 Å². The van der Waals surface area contributed by atoms with Gasteiger partial charge in [0.15, 0.2) is 0 Å². The number of rotatable bonds is 7. The highest BCUT2D eigenvalue weighted by Crippen LogP contribution is 2.31. The van der Waals surface area contributed by atoms with Crippen LogP contribution >= 0.6 is 0 Å². The molecule has 6 nitrogen and oxygen atoms in total. The van der Waals surface area contributed by atoms with E-state index in [9.17, 15) is 4.79 Å². The first-order chi connectivity index (χ1) is 14.6. The van der Waals surface area contributed by atoms with E-state index in [1.807, 2.05) is 35.4 Å². The summed E-state index contributed by atoms with van der Waals surface area (Å²) < 4.78 is 0. The molecule has 2 aliphatic rings. The Morgan fingerprint density at radius 3 is 2.73 bits per heavy atom. The van der Waals surface area contributed by atoms with Gasteiger partial charge in [-0.2, -0.15) is 4.98 Å². The lowest BCUT2D eigenvalue weighted by atomic mass is 9.95. The number of allylic oxidation sites excluding steroid dienone is 1. The van der Waals surface area contributed by atoms with Gasteiger partial charge in [-0.1, -0.05) is 32.2 Å². The van der Waals surface area contributed by atoms with Crippen LogP contribution in [0.1, 0.15) is 24.5 Å². The molecule has 1 aromatic carbocycles. The SMILES string of the molecule is C=CC(=O)N1CC(CCN2C(=C)C=Cc3cnc(Nc4ccc(CC)cc4)nc32)C1. The van der Waals surface area contributed by atoms with Crippen LogP contribution in [0.5, 0.6) is 0 Å². The molecule has 1 aromatic heterocycles. The van der Waals surface area contributed by atoms with Gasteiger partial charge in [0.25, 0.3) is 0 Å². The Balaban J connectivity index is 1.44. The maximum Gasteiger partial charge on any atom is 0.245 e. The molecule has 154 valence electrons. The summed E-state index contributed by atoms with van der Waals surface area (Å²) in [6, 6.07) is 8.31. The van der Waals surface area contributed by atoms with E-state index in [2.05, 4.69) is 47.4 Å². The van der Waals surface area contributed by atoms with Crippen molar-refractivity contribution < 1.29 is 4.79 Å². The lowest BCUT2D eigenvalue weighted by Crippen LogP contribution is -2.50. The predicted molar refractivity (Wildman–Crippen MR) is 122 cm³/mol. The zero-order valence-corrected chi connectivity index (χ0v) is 17.3. The lowest BCUT2D eigenvalue weighted by molar-refractivity contribution is -0.132. The van der Waals surface area contributed by atoms with Crippen molar-refractivity contribution in [2.24, 2.45) is 5.92 Å². The number of nitrogens with zero attached hydrogens (tertiary/aromatic N) is 4. The van der Waals surface area contributed by atoms with Crippen molar-refractivity contribution in [1.82, 2.24) is 14.9 Å². The molecule has 1 amide bonds. The smallest absolute Gasteiger partial charge is 0.245 e. The van der Waals surface area contributed by atoms with Crippen molar-refractivity contribution in [3.63, 3.8) is 0 Å². The summed E-state index contributed by atoms with van der Waals surface area (Å²) in [7, 11) is 0. The van der Waals surface area contributed by atoms with Crippen molar-refractivity contribution in [3.8, 4) is 0 Å². The van der Waals surface area contributed by atoms with Crippen LogP contribution in [0, 0.1) is 5.92 Å². The van der Waals surface area contributed by atoms with Crippen molar-refractivity contribution >= 4 is 29.4 Å². The Morgan fingerprint density at radius 1 is 1.27 bits per heavy atom. The summed E-state index contributed by atoms with van der Waals surface area (Å²) in [5.74, 6) is 1.94. The molecule has 0 bridgehead atoms. The number of carbonyl (C=O) groups excluding carboxylic acids is 1. The molecule has 1 N–H and O–H groups in total. The zero-order valence-electron chi connectivity index (χ0n) is 17.3. The van der Waals surface area contributed by atoms with Crippen molar-refractivity contribution in [1.29, 1.82) is 0 Å². The van der Waals surface area contributed by atoms with Crippen LogP contribution in [0.15, 0.2) is 61.5 Å². The van der Waals surface area contributed by atoms with Gasteiger partial charge in [0.1, 0.15) is 5.82 Å². The second-order valence-corrected chi connectivity index (χ2v) is 7.73. The van der Waals surface area contributed by atoms with Gasteiger partial charge in [-0.25, -0.2) is 4.98 Å². The maximum absolute atomic E-state index is 11.6. The number of aromatic nitrogens is 2. The third kappa shape index (κ3) is 4.13. The van der Waals surface area contributed by atoms with Gasteiger partial charge in [-0.3, -0.25) is 4.79 Å². The largest absolute Gasteiger partial charge is 0.338 e. The number of hydrogen-bond donors (Lipinski definition) is 1. The Bertz CT molecular complexity index is 989. The average Bonchev–Trinajstić information content (AvgIpc) is 2.74. The van der Waals surface area contributed by atoms with E-state index in [0.29, 0.717) is 11.9 Å². The van der Waals surface area contributed by atoms with Gasteiger partial charge < -0.3 is 15.1 Å². The van der Waals surface area contributed by atoms with E-state index in [-0.39, 0.29) is 5.91 Å². The number of anilines is 3. The van der Waals surface area contributed by atoms with Gasteiger partial charge in [0.2, 0.25) is 11.9 Å². The summed E-state index contributed by atoms with van der Waals surface area (Å²) in [6.45, 7) is 12.3. The van der Waals surface area contributed by atoms with Crippen LogP contribution in [0.3, 0.4) is 0 Å². The number of likely N-dealkylation sites (tertiary alicyclic amines) is 1. The second-order valence-electron chi connectivity index (χ2n) is 7.73. The minimum Gasteiger partial charge on any atom is -0.338 e. The lowest BCUT2D eigenvalue weighted by Gasteiger charge is -2.40. The Kier molecular flexibility index (Phi) is 5.65. The zero-order chi connectivity index (χ0) is 21.1. The number of aryl methyl sites for hydroxylation is 1. The highest BCUT2D eigenvalue weighted by molar-refractivity contribution is 5.87. The summed E-state index contributed by atoms with van der Waals surface area (Å²) in [5.41, 5.74) is 4.15. The number of carbonyl (C=O) groups is 1. The molecule has 0 aliphatic carbocycles. The third-order valence-corrected chi connectivity index (χ3v) is 5.68. The molecule has 1 fully saturated rings. The van der Waals surface area contributed by atoms with Crippen molar-refractivity contribution in [2.45, 2.75) is 19.8 Å². The summed E-state index contributed by atoms with van der Waals surface area (Å²) in [6.07, 6.45) is 9.20. The predicted octanol–water partition coefficient (Wildman–Crippen LogP) is 4.16. The first-order valence-corrected chi connectivity index (χ1v) is 10.4. The molecule has 0 unspecified atom stereocenters. The normalized spacial score (nSPS) is 15.6. The first kappa shape index (κ1) is 19.9. The van der Waals surface area contributed by atoms with Crippen molar-refractivity contribution in [3.05, 3.63) is 72.6 Å². The molecule has 4 rings (SSSR count). The van der Waals surface area contributed by atoms with E-state index >= 15 is 0 Å². The average molecular weight is 402 g/mol. The van der Waals surface area contributed by atoms with E-state index < -0.39 is 0 Å². The number of hydrogen-bond acceptors (Lipinski definition) is 5. The van der Waals surface area contributed by atoms with Gasteiger partial charge >= 0.3 is 0 Å². The van der Waals surface area contributed by atoms with Crippen LogP contribution in [0.4, 0.5) is 17.5 Å². The van der Waals surface area contributed by atoms with E-state index in [1.165, 1.54) is 11.6 Å². The molecular formula is C24H27N5O. The number of benzene rings is 1. The Labute approximate surface area is 177 Å². The number of nitrogens with one attached hydrogen (secondary N) is 1. The fraction of sp³-hybridized carbons (Fsp3) is 0.292. The van der Waals surface area contributed by atoms with Crippen LogP contribution in [-0.2, 0) is 11.2 Å². The standard InChI is InChI=1S/C24H27N5O/c1-4-18-7-10-21(11-8-18)26-24-25-14-20-9-6-17(3)29(23(20)27-24)13-12-19-15-28(16-19)22(30)5-2/h5-11,14,19H,2-4,12-13,15-16H2,1H3,(H,25,26,27). The van der Waals surface area contributed by atoms with Crippen LogP contribution < -0.4 is 10.2 Å². The van der Waals surface area contributed by atoms with Gasteiger partial charge in [-0.05, 0) is 54.7 Å². The highest BCUT2D eigenvalue weighted by atomic mass is 16.2. The monoisotopic (exact) mass is 401 g/mol. The molecule has 2 aliphatic heterocycles. The second kappa shape index (κ2) is 8.53. The first-order valence-electron chi connectivity index (χ1n) is 10.4. The van der Waals surface area contributed by atoms with E-state index in [0.717, 1.165) is 55.2 Å². The maximum atomic E-state index is 11.6. The number of amides is 1. The fourth-order valence-corrected chi connectivity index (χ4v) is 3.76. The fourth-order valence-electron chi connectivity index (χ4n) is 3.76. The molecule has 2 aromatic rings. The van der Waals surface area contributed by atoms with Gasteiger partial charge in [0.05, 0.1) is 0 Å². The quantitative estimate of drug-likeness (QED) is 0.706. The Morgan fingerprint density at radius 2 is 2.03 bits per heavy atom. The topological polar surface area (TPSA) is 61.4 Å². The van der Waals surface area contributed by atoms with E-state index in [4.69, 9.17) is 4.98 Å². The number of fused-ring (bicyclic) bond motifs is 1. The molecule has 0 saturated carbocycles. The summed E-state index contributed by atoms with van der Waals surface area (Å²) in [4.78, 5) is 24.8. The third-order valence-electron chi connectivity index (χ3n) is 5.68.